The highest BCUT2D eigenvalue weighted by Gasteiger charge is 2.41. The lowest BCUT2D eigenvalue weighted by molar-refractivity contribution is 1.24. The van der Waals surface area contributed by atoms with E-state index in [1.54, 1.807) is 11.3 Å². The van der Waals surface area contributed by atoms with Crippen molar-refractivity contribution in [3.63, 3.8) is 0 Å². The molecule has 0 aliphatic heterocycles. The summed E-state index contributed by atoms with van der Waals surface area (Å²) >= 11 is 1.76. The van der Waals surface area contributed by atoms with Gasteiger partial charge in [0, 0.05) is 26.8 Å². The molecule has 0 spiro atoms. The minimum Gasteiger partial charge on any atom is -0.226 e. The van der Waals surface area contributed by atoms with Crippen molar-refractivity contribution in [2.24, 2.45) is 0 Å². The van der Waals surface area contributed by atoms with Crippen molar-refractivity contribution >= 4 is 60.5 Å². The summed E-state index contributed by atoms with van der Waals surface area (Å²) in [5.74, 6) is 0.704. The lowest BCUT2D eigenvalue weighted by atomic mass is 9.86. The van der Waals surface area contributed by atoms with Gasteiger partial charge in [0.15, 0.2) is 13.9 Å². The minimum atomic E-state index is -2.83. The predicted octanol–water partition coefficient (Wildman–Crippen LogP) is 12.6. The predicted molar refractivity (Wildman–Crippen MR) is 266 cm³/mol. The molecule has 0 amide bonds. The highest BCUT2D eigenvalue weighted by Crippen LogP contribution is 2.45. The Hall–Kier alpha value is -7.50. The van der Waals surface area contributed by atoms with Crippen molar-refractivity contribution in [3.05, 3.63) is 243 Å². The van der Waals surface area contributed by atoms with Gasteiger partial charge >= 0.3 is 0 Å². The van der Waals surface area contributed by atoms with E-state index in [0.29, 0.717) is 5.82 Å². The summed E-state index contributed by atoms with van der Waals surface area (Å²) in [5, 5.41) is 6.49. The number of benzene rings is 9. The van der Waals surface area contributed by atoms with Crippen LogP contribution in [0.1, 0.15) is 0 Å². The molecule has 0 fully saturated rings. The second-order valence-corrected chi connectivity index (χ2v) is 20.5. The normalized spacial score (nSPS) is 11.5. The van der Waals surface area contributed by atoms with Crippen LogP contribution in [0.25, 0.3) is 76.3 Å². The van der Waals surface area contributed by atoms with Crippen molar-refractivity contribution in [3.8, 4) is 56.0 Å². The number of hydrogen-bond acceptors (Lipinski definition) is 3. The zero-order chi connectivity index (χ0) is 41.3. The van der Waals surface area contributed by atoms with Gasteiger partial charge < -0.3 is 0 Å². The quantitative estimate of drug-likeness (QED) is 0.107. The van der Waals surface area contributed by atoms with Gasteiger partial charge in [-0.15, -0.1) is 11.3 Å². The van der Waals surface area contributed by atoms with Crippen LogP contribution in [-0.4, -0.2) is 18.0 Å². The molecule has 0 aliphatic carbocycles. The lowest BCUT2D eigenvalue weighted by Crippen LogP contribution is -2.74. The van der Waals surface area contributed by atoms with Crippen molar-refractivity contribution in [1.82, 2.24) is 9.97 Å². The molecule has 0 bridgehead atoms. The first-order valence-electron chi connectivity index (χ1n) is 21.1. The van der Waals surface area contributed by atoms with Gasteiger partial charge in [-0.2, -0.15) is 0 Å². The Morgan fingerprint density at radius 2 is 0.806 bits per heavy atom. The Balaban J connectivity index is 1.24. The Labute approximate surface area is 367 Å². The summed E-state index contributed by atoms with van der Waals surface area (Å²) in [6, 6.07) is 88.2. The van der Waals surface area contributed by atoms with Gasteiger partial charge in [-0.05, 0) is 66.8 Å². The van der Waals surface area contributed by atoms with Crippen LogP contribution in [-0.2, 0) is 0 Å². The maximum Gasteiger partial charge on any atom is 0.179 e. The highest BCUT2D eigenvalue weighted by molar-refractivity contribution is 7.26. The van der Waals surface area contributed by atoms with E-state index in [-0.39, 0.29) is 0 Å². The van der Waals surface area contributed by atoms with E-state index in [4.69, 9.17) is 9.97 Å². The van der Waals surface area contributed by atoms with E-state index in [9.17, 15) is 0 Å². The third kappa shape index (κ3) is 6.58. The van der Waals surface area contributed by atoms with Crippen LogP contribution in [0, 0.1) is 0 Å². The smallest absolute Gasteiger partial charge is 0.179 e. The zero-order valence-electron chi connectivity index (χ0n) is 33.9. The second kappa shape index (κ2) is 16.2. The fourth-order valence-electron chi connectivity index (χ4n) is 9.25. The summed E-state index contributed by atoms with van der Waals surface area (Å²) in [6.07, 6.45) is 0. The number of fused-ring (bicyclic) bond motifs is 3. The molecule has 0 N–H and O–H groups in total. The number of rotatable bonds is 9. The Morgan fingerprint density at radius 3 is 1.40 bits per heavy atom. The monoisotopic (exact) mass is 824 g/mol. The summed E-state index contributed by atoms with van der Waals surface area (Å²) in [5.41, 5.74) is 10.7. The van der Waals surface area contributed by atoms with E-state index in [1.807, 2.05) is 0 Å². The Bertz CT molecular complexity index is 3220. The largest absolute Gasteiger partial charge is 0.226 e. The van der Waals surface area contributed by atoms with Crippen molar-refractivity contribution in [1.29, 1.82) is 0 Å². The van der Waals surface area contributed by atoms with E-state index < -0.39 is 8.07 Å². The van der Waals surface area contributed by atoms with Gasteiger partial charge in [-0.25, -0.2) is 9.97 Å². The van der Waals surface area contributed by atoms with E-state index in [2.05, 4.69) is 243 Å². The van der Waals surface area contributed by atoms with E-state index >= 15 is 0 Å². The molecule has 62 heavy (non-hydrogen) atoms. The van der Waals surface area contributed by atoms with Gasteiger partial charge in [0.2, 0.25) is 0 Å². The molecule has 292 valence electrons. The van der Waals surface area contributed by atoms with Crippen LogP contribution in [0.4, 0.5) is 0 Å². The van der Waals surface area contributed by atoms with Gasteiger partial charge in [0.25, 0.3) is 0 Å². The molecule has 0 aliphatic rings. The van der Waals surface area contributed by atoms with E-state index in [1.165, 1.54) is 25.4 Å². The van der Waals surface area contributed by atoms with Crippen LogP contribution < -0.4 is 20.7 Å². The van der Waals surface area contributed by atoms with E-state index in [0.717, 1.165) is 65.8 Å². The molecular weight excluding hydrogens is 785 g/mol. The highest BCUT2D eigenvalue weighted by atomic mass is 32.1. The average molecular weight is 825 g/mol. The molecule has 0 atom stereocenters. The Kier molecular flexibility index (Phi) is 9.78. The first-order chi connectivity index (χ1) is 30.8. The average Bonchev–Trinajstić information content (AvgIpc) is 3.74. The maximum atomic E-state index is 5.57. The van der Waals surface area contributed by atoms with Crippen LogP contribution in [0.3, 0.4) is 0 Å². The molecule has 11 rings (SSSR count). The summed E-state index contributed by atoms with van der Waals surface area (Å²) in [4.78, 5) is 11.1. The first-order valence-corrected chi connectivity index (χ1v) is 23.9. The Morgan fingerprint density at radius 1 is 0.339 bits per heavy atom. The summed E-state index contributed by atoms with van der Waals surface area (Å²) in [7, 11) is -2.83. The topological polar surface area (TPSA) is 25.8 Å². The van der Waals surface area contributed by atoms with Gasteiger partial charge in [0.1, 0.15) is 0 Å². The molecular formula is C58H40N2SSi. The van der Waals surface area contributed by atoms with Crippen LogP contribution in [0.15, 0.2) is 243 Å². The van der Waals surface area contributed by atoms with Crippen molar-refractivity contribution in [2.75, 3.05) is 0 Å². The molecule has 11 aromatic rings. The van der Waals surface area contributed by atoms with Gasteiger partial charge in [-0.1, -0.05) is 224 Å². The molecule has 2 nitrogen and oxygen atoms in total. The standard InChI is InChI=1S/C58H40N2SSi/c1-7-22-41(23-8-1)45-39-51(44-28-21-35-49(38-44)62(46-29-13-4-14-30-46,47-31-15-5-16-32-47)48-33-17-6-18-34-48)54(42-24-9-2-10-25-42)52(40-45)58-59-55(43-26-11-3-12-27-43)57-56(60-58)50-36-19-20-37-53(50)61-57/h1-40H. The molecule has 0 saturated carbocycles. The number of thiophene rings is 1. The fraction of sp³-hybridized carbons (Fsp3) is 0. The zero-order valence-corrected chi connectivity index (χ0v) is 35.7. The summed E-state index contributed by atoms with van der Waals surface area (Å²) < 4.78 is 2.30. The van der Waals surface area contributed by atoms with Gasteiger partial charge in [-0.3, -0.25) is 0 Å². The van der Waals surface area contributed by atoms with Crippen LogP contribution in [0.5, 0.6) is 0 Å². The number of hydrogen-bond donors (Lipinski definition) is 0. The molecule has 0 saturated heterocycles. The fourth-order valence-corrected chi connectivity index (χ4v) is 15.2. The number of nitrogens with zero attached hydrogens (tertiary/aromatic N) is 2. The second-order valence-electron chi connectivity index (χ2n) is 15.6. The molecule has 4 heteroatoms. The lowest BCUT2D eigenvalue weighted by Gasteiger charge is -2.34. The van der Waals surface area contributed by atoms with Crippen LogP contribution >= 0.6 is 11.3 Å². The number of aromatic nitrogens is 2. The van der Waals surface area contributed by atoms with Gasteiger partial charge in [0.05, 0.1) is 15.9 Å². The third-order valence-electron chi connectivity index (χ3n) is 12.0. The molecule has 9 aromatic carbocycles. The minimum absolute atomic E-state index is 0.704. The SMILES string of the molecule is c1ccc(-c2cc(-c3cccc([Si](c4ccccc4)(c4ccccc4)c4ccccc4)c3)c(-c3ccccc3)c(-c3nc(-c4ccccc4)c4sc5ccccc5c4n3)c2)cc1. The molecule has 2 heterocycles. The first kappa shape index (κ1) is 37.5. The third-order valence-corrected chi connectivity index (χ3v) is 18.0. The molecule has 0 radical (unpaired) electrons. The summed E-state index contributed by atoms with van der Waals surface area (Å²) in [6.45, 7) is 0. The maximum absolute atomic E-state index is 5.57. The van der Waals surface area contributed by atoms with Crippen LogP contribution in [0.2, 0.25) is 0 Å². The molecule has 2 aromatic heterocycles. The van der Waals surface area contributed by atoms with Crippen molar-refractivity contribution in [2.45, 2.75) is 0 Å². The van der Waals surface area contributed by atoms with Crippen molar-refractivity contribution < 1.29 is 0 Å². The molecule has 0 unspecified atom stereocenters.